The largest absolute Gasteiger partial charge is 0.321 e. The van der Waals surface area contributed by atoms with Crippen LogP contribution in [0.5, 0.6) is 0 Å². The molecular formula is C12H16BrN. The van der Waals surface area contributed by atoms with Crippen LogP contribution >= 0.6 is 15.9 Å². The van der Waals surface area contributed by atoms with Crippen LogP contribution in [0.15, 0.2) is 34.3 Å². The number of aryl methyl sites for hydroxylation is 1. The Morgan fingerprint density at radius 2 is 2.07 bits per heavy atom. The first-order valence-electron chi connectivity index (χ1n) is 4.67. The molecule has 0 aliphatic carbocycles. The van der Waals surface area contributed by atoms with Gasteiger partial charge in [-0.25, -0.2) is 0 Å². The Morgan fingerprint density at radius 3 is 2.57 bits per heavy atom. The maximum Gasteiger partial charge on any atom is 0.0486 e. The number of hydrogen-bond donors (Lipinski definition) is 1. The predicted octanol–water partition coefficient (Wildman–Crippen LogP) is 3.72. The van der Waals surface area contributed by atoms with Crippen molar-refractivity contribution in [3.8, 4) is 0 Å². The van der Waals surface area contributed by atoms with Gasteiger partial charge in [0.1, 0.15) is 0 Å². The molecule has 0 saturated carbocycles. The van der Waals surface area contributed by atoms with E-state index in [0.717, 1.165) is 4.47 Å². The third kappa shape index (κ3) is 2.96. The summed E-state index contributed by atoms with van der Waals surface area (Å²) < 4.78 is 1.10. The highest BCUT2D eigenvalue weighted by atomic mass is 79.9. The summed E-state index contributed by atoms with van der Waals surface area (Å²) in [6.45, 7) is 6.21. The number of nitrogens with two attached hydrogens (primary N) is 1. The van der Waals surface area contributed by atoms with Crippen molar-refractivity contribution in [2.45, 2.75) is 26.8 Å². The molecular weight excluding hydrogens is 238 g/mol. The van der Waals surface area contributed by atoms with E-state index in [1.54, 1.807) is 0 Å². The number of halogens is 1. The molecule has 2 heteroatoms. The van der Waals surface area contributed by atoms with Crippen LogP contribution in [0.2, 0.25) is 0 Å². The number of benzene rings is 1. The molecule has 2 N–H and O–H groups in total. The Morgan fingerprint density at radius 1 is 1.43 bits per heavy atom. The third-order valence-electron chi connectivity index (χ3n) is 2.10. The summed E-state index contributed by atoms with van der Waals surface area (Å²) in [4.78, 5) is 0. The lowest BCUT2D eigenvalue weighted by Gasteiger charge is -2.11. The van der Waals surface area contributed by atoms with Crippen molar-refractivity contribution in [3.63, 3.8) is 0 Å². The molecule has 14 heavy (non-hydrogen) atoms. The van der Waals surface area contributed by atoms with Crippen molar-refractivity contribution >= 4 is 15.9 Å². The fourth-order valence-corrected chi connectivity index (χ4v) is 1.94. The minimum atomic E-state index is 0.00750. The van der Waals surface area contributed by atoms with Crippen molar-refractivity contribution in [1.82, 2.24) is 0 Å². The highest BCUT2D eigenvalue weighted by Gasteiger charge is 2.05. The quantitative estimate of drug-likeness (QED) is 0.799. The monoisotopic (exact) mass is 253 g/mol. The fourth-order valence-electron chi connectivity index (χ4n) is 1.46. The molecule has 1 aromatic carbocycles. The Balaban J connectivity index is 3.02. The van der Waals surface area contributed by atoms with E-state index in [1.165, 1.54) is 16.7 Å². The molecule has 76 valence electrons. The van der Waals surface area contributed by atoms with Gasteiger partial charge in [-0.2, -0.15) is 0 Å². The molecule has 0 spiro atoms. The van der Waals surface area contributed by atoms with Crippen LogP contribution in [0.25, 0.3) is 0 Å². The average molecular weight is 254 g/mol. The zero-order valence-corrected chi connectivity index (χ0v) is 10.4. The maximum atomic E-state index is 6.06. The molecule has 1 unspecified atom stereocenters. The summed E-state index contributed by atoms with van der Waals surface area (Å²) in [5.41, 5.74) is 9.72. The van der Waals surface area contributed by atoms with Gasteiger partial charge >= 0.3 is 0 Å². The minimum Gasteiger partial charge on any atom is -0.321 e. The Bertz CT molecular complexity index is 351. The van der Waals surface area contributed by atoms with Crippen LogP contribution in [-0.4, -0.2) is 0 Å². The molecule has 1 aromatic rings. The second-order valence-corrected chi connectivity index (χ2v) is 4.69. The molecule has 0 heterocycles. The van der Waals surface area contributed by atoms with Gasteiger partial charge in [0.05, 0.1) is 0 Å². The normalized spacial score (nSPS) is 12.4. The summed E-state index contributed by atoms with van der Waals surface area (Å²) in [6, 6.07) is 6.20. The van der Waals surface area contributed by atoms with Gasteiger partial charge in [-0.1, -0.05) is 33.6 Å². The summed E-state index contributed by atoms with van der Waals surface area (Å²) >= 11 is 3.44. The summed E-state index contributed by atoms with van der Waals surface area (Å²) in [7, 11) is 0. The van der Waals surface area contributed by atoms with E-state index in [9.17, 15) is 0 Å². The molecule has 0 fully saturated rings. The topological polar surface area (TPSA) is 26.0 Å². The molecule has 1 nitrogen and oxygen atoms in total. The van der Waals surface area contributed by atoms with Crippen LogP contribution < -0.4 is 5.73 Å². The SMILES string of the molecule is CC(C)=CC(N)c1ccc(Br)cc1C. The highest BCUT2D eigenvalue weighted by Crippen LogP contribution is 2.21. The average Bonchev–Trinajstić information content (AvgIpc) is 2.01. The van der Waals surface area contributed by atoms with E-state index in [0.29, 0.717) is 0 Å². The molecule has 0 aliphatic heterocycles. The van der Waals surface area contributed by atoms with Crippen molar-refractivity contribution in [1.29, 1.82) is 0 Å². The lowest BCUT2D eigenvalue weighted by molar-refractivity contribution is 0.888. The molecule has 0 bridgehead atoms. The van der Waals surface area contributed by atoms with E-state index >= 15 is 0 Å². The van der Waals surface area contributed by atoms with Crippen molar-refractivity contribution in [3.05, 3.63) is 45.4 Å². The lowest BCUT2D eigenvalue weighted by Crippen LogP contribution is -2.09. The van der Waals surface area contributed by atoms with Gasteiger partial charge in [0, 0.05) is 10.5 Å². The molecule has 0 saturated heterocycles. The maximum absolute atomic E-state index is 6.06. The lowest BCUT2D eigenvalue weighted by atomic mass is 10.0. The number of hydrogen-bond acceptors (Lipinski definition) is 1. The second kappa shape index (κ2) is 4.76. The smallest absolute Gasteiger partial charge is 0.0486 e. The van der Waals surface area contributed by atoms with Crippen LogP contribution in [0.4, 0.5) is 0 Å². The zero-order chi connectivity index (χ0) is 10.7. The predicted molar refractivity (Wildman–Crippen MR) is 65.2 cm³/mol. The Labute approximate surface area is 94.1 Å². The molecule has 0 aliphatic rings. The Kier molecular flexibility index (Phi) is 3.90. The molecule has 0 radical (unpaired) electrons. The van der Waals surface area contributed by atoms with Gasteiger partial charge in [-0.05, 0) is 44.0 Å². The first-order chi connectivity index (χ1) is 6.50. The fraction of sp³-hybridized carbons (Fsp3) is 0.333. The van der Waals surface area contributed by atoms with E-state index in [4.69, 9.17) is 5.73 Å². The van der Waals surface area contributed by atoms with Crippen LogP contribution in [0.3, 0.4) is 0 Å². The van der Waals surface area contributed by atoms with E-state index < -0.39 is 0 Å². The van der Waals surface area contributed by atoms with Gasteiger partial charge in [0.2, 0.25) is 0 Å². The number of rotatable bonds is 2. The van der Waals surface area contributed by atoms with E-state index in [1.807, 2.05) is 6.07 Å². The van der Waals surface area contributed by atoms with Gasteiger partial charge < -0.3 is 5.73 Å². The van der Waals surface area contributed by atoms with Gasteiger partial charge in [0.15, 0.2) is 0 Å². The van der Waals surface area contributed by atoms with E-state index in [-0.39, 0.29) is 6.04 Å². The molecule has 0 aromatic heterocycles. The summed E-state index contributed by atoms with van der Waals surface area (Å²) in [6.07, 6.45) is 2.08. The van der Waals surface area contributed by atoms with Gasteiger partial charge in [-0.3, -0.25) is 0 Å². The van der Waals surface area contributed by atoms with Crippen molar-refractivity contribution in [2.75, 3.05) is 0 Å². The van der Waals surface area contributed by atoms with Crippen LogP contribution in [-0.2, 0) is 0 Å². The molecule has 1 rings (SSSR count). The van der Waals surface area contributed by atoms with Crippen LogP contribution in [0, 0.1) is 6.92 Å². The summed E-state index contributed by atoms with van der Waals surface area (Å²) in [5.74, 6) is 0. The minimum absolute atomic E-state index is 0.00750. The Hall–Kier alpha value is -0.600. The zero-order valence-electron chi connectivity index (χ0n) is 8.84. The summed E-state index contributed by atoms with van der Waals surface area (Å²) in [5, 5.41) is 0. The third-order valence-corrected chi connectivity index (χ3v) is 2.60. The second-order valence-electron chi connectivity index (χ2n) is 3.77. The number of allylic oxidation sites excluding steroid dienone is 1. The first-order valence-corrected chi connectivity index (χ1v) is 5.46. The van der Waals surface area contributed by atoms with Gasteiger partial charge in [0.25, 0.3) is 0 Å². The first kappa shape index (κ1) is 11.5. The van der Waals surface area contributed by atoms with Gasteiger partial charge in [-0.15, -0.1) is 0 Å². The van der Waals surface area contributed by atoms with Crippen molar-refractivity contribution in [2.24, 2.45) is 5.73 Å². The standard InChI is InChI=1S/C12H16BrN/c1-8(2)6-12(14)11-5-4-10(13)7-9(11)3/h4-7,12H,14H2,1-3H3. The van der Waals surface area contributed by atoms with Crippen LogP contribution in [0.1, 0.15) is 31.0 Å². The van der Waals surface area contributed by atoms with E-state index in [2.05, 4.69) is 54.9 Å². The van der Waals surface area contributed by atoms with Crippen molar-refractivity contribution < 1.29 is 0 Å². The molecule has 1 atom stereocenters. The molecule has 0 amide bonds. The highest BCUT2D eigenvalue weighted by molar-refractivity contribution is 9.10.